The summed E-state index contributed by atoms with van der Waals surface area (Å²) in [5, 5.41) is 5.73. The Morgan fingerprint density at radius 3 is 2.50 bits per heavy atom. The fraction of sp³-hybridized carbons (Fsp3) is 0.375. The average molecular weight is 408 g/mol. The number of benzene rings is 2. The van der Waals surface area contributed by atoms with Gasteiger partial charge in [-0.25, -0.2) is 0 Å². The van der Waals surface area contributed by atoms with Crippen LogP contribution >= 0.6 is 0 Å². The van der Waals surface area contributed by atoms with Crippen LogP contribution in [0, 0.1) is 5.92 Å². The van der Waals surface area contributed by atoms with Crippen LogP contribution in [-0.4, -0.2) is 30.8 Å². The van der Waals surface area contributed by atoms with Gasteiger partial charge in [0.1, 0.15) is 0 Å². The first-order valence-corrected chi connectivity index (χ1v) is 10.6. The van der Waals surface area contributed by atoms with Crippen molar-refractivity contribution in [2.45, 2.75) is 39.5 Å². The van der Waals surface area contributed by atoms with Gasteiger partial charge in [-0.05, 0) is 42.7 Å². The Bertz CT molecular complexity index is 908. The van der Waals surface area contributed by atoms with E-state index in [0.29, 0.717) is 24.3 Å². The maximum absolute atomic E-state index is 12.9. The van der Waals surface area contributed by atoms with Crippen LogP contribution in [0.3, 0.4) is 0 Å². The summed E-state index contributed by atoms with van der Waals surface area (Å²) in [5.41, 5.74) is 2.91. The van der Waals surface area contributed by atoms with Crippen LogP contribution < -0.4 is 15.5 Å². The third kappa shape index (κ3) is 5.06. The summed E-state index contributed by atoms with van der Waals surface area (Å²) in [6.07, 6.45) is 2.99. The Hall–Kier alpha value is -3.15. The second-order valence-corrected chi connectivity index (χ2v) is 7.57. The predicted octanol–water partition coefficient (Wildman–Crippen LogP) is 3.77. The zero-order valence-electron chi connectivity index (χ0n) is 17.6. The topological polar surface area (TPSA) is 78.5 Å². The van der Waals surface area contributed by atoms with Gasteiger partial charge in [0.25, 0.3) is 5.91 Å². The second kappa shape index (κ2) is 10.1. The molecule has 0 radical (unpaired) electrons. The number of anilines is 2. The monoisotopic (exact) mass is 407 g/mol. The van der Waals surface area contributed by atoms with E-state index in [1.165, 1.54) is 5.56 Å². The minimum absolute atomic E-state index is 0.0648. The lowest BCUT2D eigenvalue weighted by molar-refractivity contribution is -0.122. The van der Waals surface area contributed by atoms with Gasteiger partial charge in [-0.15, -0.1) is 0 Å². The Kier molecular flexibility index (Phi) is 7.22. The predicted molar refractivity (Wildman–Crippen MR) is 119 cm³/mol. The van der Waals surface area contributed by atoms with Gasteiger partial charge in [0, 0.05) is 25.2 Å². The number of hydrogen-bond acceptors (Lipinski definition) is 3. The molecule has 1 fully saturated rings. The van der Waals surface area contributed by atoms with Crippen molar-refractivity contribution in [2.24, 2.45) is 5.92 Å². The van der Waals surface area contributed by atoms with Gasteiger partial charge in [-0.3, -0.25) is 14.4 Å². The van der Waals surface area contributed by atoms with Crippen LogP contribution in [0.4, 0.5) is 11.4 Å². The number of hydrogen-bond donors (Lipinski definition) is 2. The van der Waals surface area contributed by atoms with Gasteiger partial charge in [0.05, 0.1) is 17.2 Å². The Morgan fingerprint density at radius 2 is 1.80 bits per heavy atom. The molecule has 1 saturated heterocycles. The number of unbranched alkanes of at least 4 members (excludes halogenated alkanes) is 1. The van der Waals surface area contributed by atoms with Crippen molar-refractivity contribution in [1.29, 1.82) is 0 Å². The molecule has 6 nitrogen and oxygen atoms in total. The molecule has 3 rings (SSSR count). The van der Waals surface area contributed by atoms with E-state index in [9.17, 15) is 14.4 Å². The molecular formula is C24H29N3O3. The van der Waals surface area contributed by atoms with E-state index in [0.717, 1.165) is 24.9 Å². The maximum Gasteiger partial charge on any atom is 0.253 e. The number of nitrogens with zero attached hydrogens (tertiary/aromatic N) is 1. The highest BCUT2D eigenvalue weighted by Crippen LogP contribution is 2.27. The standard InChI is InChI=1S/C24H29N3O3/c1-3-5-14-25-24(30)20-8-6-7-9-21(20)26-23(29)18-15-22(28)27(16-18)19-12-10-17(4-2)11-13-19/h6-13,18H,3-5,14-16H2,1-2H3,(H,25,30)(H,26,29). The summed E-state index contributed by atoms with van der Waals surface area (Å²) in [5.74, 6) is -0.978. The lowest BCUT2D eigenvalue weighted by atomic mass is 10.1. The van der Waals surface area contributed by atoms with Gasteiger partial charge in [0.2, 0.25) is 11.8 Å². The second-order valence-electron chi connectivity index (χ2n) is 7.57. The van der Waals surface area contributed by atoms with E-state index in [1.54, 1.807) is 29.2 Å². The first kappa shape index (κ1) is 21.6. The highest BCUT2D eigenvalue weighted by molar-refractivity contribution is 6.07. The first-order valence-electron chi connectivity index (χ1n) is 10.6. The summed E-state index contributed by atoms with van der Waals surface area (Å²) in [4.78, 5) is 39.5. The fourth-order valence-corrected chi connectivity index (χ4v) is 3.54. The first-order chi connectivity index (χ1) is 14.5. The summed E-state index contributed by atoms with van der Waals surface area (Å²) in [7, 11) is 0. The number of para-hydroxylation sites is 1. The molecule has 1 heterocycles. The van der Waals surface area contributed by atoms with Gasteiger partial charge in [-0.2, -0.15) is 0 Å². The molecule has 0 aliphatic carbocycles. The number of nitrogens with one attached hydrogen (secondary N) is 2. The normalized spacial score (nSPS) is 15.9. The summed E-state index contributed by atoms with van der Waals surface area (Å²) in [6.45, 7) is 5.07. The van der Waals surface area contributed by atoms with Crippen molar-refractivity contribution in [3.8, 4) is 0 Å². The van der Waals surface area contributed by atoms with Crippen LogP contribution in [0.1, 0.15) is 49.0 Å². The fourth-order valence-electron chi connectivity index (χ4n) is 3.54. The molecule has 0 bridgehead atoms. The molecule has 1 atom stereocenters. The van der Waals surface area contributed by atoms with Crippen molar-refractivity contribution < 1.29 is 14.4 Å². The number of amides is 3. The van der Waals surface area contributed by atoms with E-state index in [4.69, 9.17) is 0 Å². The van der Waals surface area contributed by atoms with E-state index in [1.807, 2.05) is 24.3 Å². The Labute approximate surface area is 177 Å². The molecule has 1 aliphatic heterocycles. The highest BCUT2D eigenvalue weighted by Gasteiger charge is 2.35. The maximum atomic E-state index is 12.9. The third-order valence-corrected chi connectivity index (χ3v) is 5.40. The summed E-state index contributed by atoms with van der Waals surface area (Å²) >= 11 is 0. The van der Waals surface area contributed by atoms with E-state index in [-0.39, 0.29) is 24.1 Å². The molecule has 3 amide bonds. The lowest BCUT2D eigenvalue weighted by Crippen LogP contribution is -2.29. The SMILES string of the molecule is CCCCNC(=O)c1ccccc1NC(=O)C1CC(=O)N(c2ccc(CC)cc2)C1. The van der Waals surface area contributed by atoms with E-state index in [2.05, 4.69) is 24.5 Å². The van der Waals surface area contributed by atoms with Crippen LogP contribution in [0.2, 0.25) is 0 Å². The van der Waals surface area contributed by atoms with Gasteiger partial charge >= 0.3 is 0 Å². The van der Waals surface area contributed by atoms with Crippen LogP contribution in [0.5, 0.6) is 0 Å². The van der Waals surface area contributed by atoms with Gasteiger partial charge < -0.3 is 15.5 Å². The molecule has 2 aromatic rings. The zero-order chi connectivity index (χ0) is 21.5. The van der Waals surface area contributed by atoms with Crippen molar-refractivity contribution >= 4 is 29.1 Å². The quantitative estimate of drug-likeness (QED) is 0.654. The molecule has 1 unspecified atom stereocenters. The number of carbonyl (C=O) groups is 3. The average Bonchev–Trinajstić information content (AvgIpc) is 3.16. The van der Waals surface area contributed by atoms with Gasteiger partial charge in [0.15, 0.2) is 0 Å². The Morgan fingerprint density at radius 1 is 1.07 bits per heavy atom. The number of aryl methyl sites for hydroxylation is 1. The van der Waals surface area contributed by atoms with Crippen molar-refractivity contribution in [2.75, 3.05) is 23.3 Å². The molecule has 2 aromatic carbocycles. The van der Waals surface area contributed by atoms with Crippen molar-refractivity contribution in [1.82, 2.24) is 5.32 Å². The van der Waals surface area contributed by atoms with Crippen LogP contribution in [-0.2, 0) is 16.0 Å². The summed E-state index contributed by atoms with van der Waals surface area (Å²) < 4.78 is 0. The number of rotatable bonds is 8. The van der Waals surface area contributed by atoms with Crippen LogP contribution in [0.25, 0.3) is 0 Å². The largest absolute Gasteiger partial charge is 0.352 e. The van der Waals surface area contributed by atoms with Gasteiger partial charge in [-0.1, -0.05) is 44.5 Å². The van der Waals surface area contributed by atoms with E-state index >= 15 is 0 Å². The van der Waals surface area contributed by atoms with Crippen molar-refractivity contribution in [3.05, 3.63) is 59.7 Å². The molecule has 2 N–H and O–H groups in total. The zero-order valence-corrected chi connectivity index (χ0v) is 17.6. The minimum Gasteiger partial charge on any atom is -0.352 e. The van der Waals surface area contributed by atoms with Crippen LogP contribution in [0.15, 0.2) is 48.5 Å². The van der Waals surface area contributed by atoms with E-state index < -0.39 is 5.92 Å². The molecule has 6 heteroatoms. The molecule has 30 heavy (non-hydrogen) atoms. The smallest absolute Gasteiger partial charge is 0.253 e. The third-order valence-electron chi connectivity index (χ3n) is 5.40. The Balaban J connectivity index is 1.66. The highest BCUT2D eigenvalue weighted by atomic mass is 16.2. The molecule has 0 aromatic heterocycles. The minimum atomic E-state index is -0.459. The molecule has 1 aliphatic rings. The van der Waals surface area contributed by atoms with Crippen molar-refractivity contribution in [3.63, 3.8) is 0 Å². The molecule has 0 spiro atoms. The summed E-state index contributed by atoms with van der Waals surface area (Å²) in [6, 6.07) is 14.8. The number of carbonyl (C=O) groups excluding carboxylic acids is 3. The lowest BCUT2D eigenvalue weighted by Gasteiger charge is -2.17. The molecular weight excluding hydrogens is 378 g/mol. The molecule has 0 saturated carbocycles. The molecule has 158 valence electrons.